The van der Waals surface area contributed by atoms with E-state index in [0.717, 1.165) is 25.9 Å². The zero-order chi connectivity index (χ0) is 12.5. The number of rotatable bonds is 2. The van der Waals surface area contributed by atoms with Crippen molar-refractivity contribution in [2.24, 2.45) is 10.4 Å². The first-order chi connectivity index (χ1) is 7.98. The number of nitrogens with one attached hydrogen (secondary N) is 2. The molecule has 0 saturated carbocycles. The summed E-state index contributed by atoms with van der Waals surface area (Å²) in [6.45, 7) is 4.97. The number of hydrogen-bond acceptors (Lipinski definition) is 4. The van der Waals surface area contributed by atoms with Crippen LogP contribution in [0.3, 0.4) is 0 Å². The standard InChI is InChI=1S/C11H18N4O2/c1-11(3-5-15(2)6-4-11)7-12-10-13-8(16)9(17)14-10/h3-7H2,1-2H3,(H2,12,13,14,16,17). The molecule has 0 aliphatic carbocycles. The van der Waals surface area contributed by atoms with Crippen molar-refractivity contribution >= 4 is 17.8 Å². The highest BCUT2D eigenvalue weighted by Crippen LogP contribution is 2.30. The summed E-state index contributed by atoms with van der Waals surface area (Å²) in [6, 6.07) is 0. The SMILES string of the molecule is CN1CCC(C)(CN=C2NC(=O)C(=O)N2)CC1. The fraction of sp³-hybridized carbons (Fsp3) is 0.727. The average molecular weight is 238 g/mol. The molecule has 94 valence electrons. The molecule has 2 aliphatic rings. The van der Waals surface area contributed by atoms with Crippen LogP contribution in [0.25, 0.3) is 0 Å². The van der Waals surface area contributed by atoms with E-state index in [0.29, 0.717) is 12.5 Å². The number of piperidine rings is 1. The van der Waals surface area contributed by atoms with E-state index in [-0.39, 0.29) is 5.41 Å². The highest BCUT2D eigenvalue weighted by molar-refractivity contribution is 6.45. The predicted molar refractivity (Wildman–Crippen MR) is 63.4 cm³/mol. The normalized spacial score (nSPS) is 24.5. The molecule has 0 radical (unpaired) electrons. The van der Waals surface area contributed by atoms with Crippen molar-refractivity contribution in [3.63, 3.8) is 0 Å². The minimum Gasteiger partial charge on any atom is -0.306 e. The summed E-state index contributed by atoms with van der Waals surface area (Å²) in [5.41, 5.74) is 0.164. The number of hydrogen-bond donors (Lipinski definition) is 2. The average Bonchev–Trinajstić information content (AvgIpc) is 2.61. The van der Waals surface area contributed by atoms with Crippen LogP contribution in [0, 0.1) is 5.41 Å². The summed E-state index contributed by atoms with van der Waals surface area (Å²) in [5, 5.41) is 4.82. The van der Waals surface area contributed by atoms with E-state index in [1.807, 2.05) is 0 Å². The van der Waals surface area contributed by atoms with Crippen molar-refractivity contribution in [3.8, 4) is 0 Å². The Morgan fingerprint density at radius 3 is 2.29 bits per heavy atom. The second kappa shape index (κ2) is 4.44. The molecule has 0 aromatic heterocycles. The van der Waals surface area contributed by atoms with Crippen LogP contribution < -0.4 is 10.6 Å². The second-order valence-electron chi connectivity index (χ2n) is 5.19. The van der Waals surface area contributed by atoms with Gasteiger partial charge in [-0.1, -0.05) is 6.92 Å². The number of carbonyl (C=O) groups is 2. The first-order valence-corrected chi connectivity index (χ1v) is 5.84. The largest absolute Gasteiger partial charge is 0.316 e. The summed E-state index contributed by atoms with van der Waals surface area (Å²) >= 11 is 0. The molecule has 2 rings (SSSR count). The van der Waals surface area contributed by atoms with Crippen molar-refractivity contribution < 1.29 is 9.59 Å². The van der Waals surface area contributed by atoms with Gasteiger partial charge in [0.1, 0.15) is 0 Å². The maximum Gasteiger partial charge on any atom is 0.316 e. The van der Waals surface area contributed by atoms with Gasteiger partial charge < -0.3 is 4.90 Å². The highest BCUT2D eigenvalue weighted by Gasteiger charge is 2.30. The van der Waals surface area contributed by atoms with Crippen molar-refractivity contribution in [3.05, 3.63) is 0 Å². The lowest BCUT2D eigenvalue weighted by Crippen LogP contribution is -2.38. The van der Waals surface area contributed by atoms with E-state index >= 15 is 0 Å². The number of likely N-dealkylation sites (tertiary alicyclic amines) is 1. The summed E-state index contributed by atoms with van der Waals surface area (Å²) < 4.78 is 0. The molecule has 6 nitrogen and oxygen atoms in total. The smallest absolute Gasteiger partial charge is 0.306 e. The monoisotopic (exact) mass is 238 g/mol. The minimum atomic E-state index is -0.628. The number of amides is 2. The zero-order valence-electron chi connectivity index (χ0n) is 10.2. The Bertz CT molecular complexity index is 352. The Kier molecular flexibility index (Phi) is 3.15. The molecule has 0 atom stereocenters. The van der Waals surface area contributed by atoms with Crippen LogP contribution in [0.4, 0.5) is 0 Å². The minimum absolute atomic E-state index is 0.164. The molecule has 0 aromatic carbocycles. The molecule has 0 unspecified atom stereocenters. The van der Waals surface area contributed by atoms with Crippen LogP contribution in [0.2, 0.25) is 0 Å². The topological polar surface area (TPSA) is 73.8 Å². The second-order valence-corrected chi connectivity index (χ2v) is 5.19. The van der Waals surface area contributed by atoms with Gasteiger partial charge in [0, 0.05) is 6.54 Å². The summed E-state index contributed by atoms with van der Waals surface area (Å²) in [5.74, 6) is -0.963. The molecule has 2 N–H and O–H groups in total. The summed E-state index contributed by atoms with van der Waals surface area (Å²) in [4.78, 5) is 28.5. The number of guanidine groups is 1. The predicted octanol–water partition coefficient (Wildman–Crippen LogP) is -0.680. The number of nitrogens with zero attached hydrogens (tertiary/aromatic N) is 2. The molecule has 0 spiro atoms. The lowest BCUT2D eigenvalue weighted by molar-refractivity contribution is -0.135. The lowest BCUT2D eigenvalue weighted by Gasteiger charge is -2.36. The molecule has 2 amide bonds. The Labute approximate surface area is 100 Å². The van der Waals surface area contributed by atoms with E-state index in [4.69, 9.17) is 0 Å². The van der Waals surface area contributed by atoms with Crippen LogP contribution in [0.5, 0.6) is 0 Å². The van der Waals surface area contributed by atoms with Gasteiger partial charge in [0.05, 0.1) is 0 Å². The van der Waals surface area contributed by atoms with Crippen molar-refractivity contribution in [2.75, 3.05) is 26.7 Å². The Morgan fingerprint density at radius 2 is 1.76 bits per heavy atom. The van der Waals surface area contributed by atoms with Gasteiger partial charge >= 0.3 is 11.8 Å². The van der Waals surface area contributed by atoms with Crippen LogP contribution >= 0.6 is 0 Å². The maximum atomic E-state index is 10.9. The lowest BCUT2D eigenvalue weighted by atomic mass is 9.80. The molecular weight excluding hydrogens is 220 g/mol. The summed E-state index contributed by atoms with van der Waals surface area (Å²) in [6.07, 6.45) is 2.17. The Balaban J connectivity index is 1.91. The fourth-order valence-corrected chi connectivity index (χ4v) is 2.03. The van der Waals surface area contributed by atoms with Gasteiger partial charge in [-0.25, -0.2) is 0 Å². The molecule has 2 fully saturated rings. The van der Waals surface area contributed by atoms with Crippen LogP contribution in [0.15, 0.2) is 4.99 Å². The van der Waals surface area contributed by atoms with Gasteiger partial charge in [-0.15, -0.1) is 0 Å². The van der Waals surface area contributed by atoms with Crippen LogP contribution in [-0.4, -0.2) is 49.4 Å². The maximum absolute atomic E-state index is 10.9. The third-order valence-electron chi connectivity index (χ3n) is 3.48. The van der Waals surface area contributed by atoms with Crippen LogP contribution in [0.1, 0.15) is 19.8 Å². The third-order valence-corrected chi connectivity index (χ3v) is 3.48. The van der Waals surface area contributed by atoms with E-state index in [1.165, 1.54) is 0 Å². The van der Waals surface area contributed by atoms with Gasteiger partial charge in [-0.05, 0) is 38.4 Å². The highest BCUT2D eigenvalue weighted by atomic mass is 16.2. The molecular formula is C11H18N4O2. The zero-order valence-corrected chi connectivity index (χ0v) is 10.2. The van der Waals surface area contributed by atoms with Crippen molar-refractivity contribution in [1.29, 1.82) is 0 Å². The van der Waals surface area contributed by atoms with Crippen molar-refractivity contribution in [2.45, 2.75) is 19.8 Å². The molecule has 2 saturated heterocycles. The Morgan fingerprint density at radius 1 is 1.24 bits per heavy atom. The Hall–Kier alpha value is -1.43. The quantitative estimate of drug-likeness (QED) is 0.626. The first kappa shape index (κ1) is 12.0. The van der Waals surface area contributed by atoms with Gasteiger partial charge in [-0.3, -0.25) is 25.2 Å². The van der Waals surface area contributed by atoms with E-state index in [9.17, 15) is 9.59 Å². The van der Waals surface area contributed by atoms with Crippen LogP contribution in [-0.2, 0) is 9.59 Å². The van der Waals surface area contributed by atoms with Crippen molar-refractivity contribution in [1.82, 2.24) is 15.5 Å². The van der Waals surface area contributed by atoms with E-state index in [2.05, 4.69) is 34.5 Å². The molecule has 0 aromatic rings. The number of aliphatic imine (C=N–C) groups is 1. The summed E-state index contributed by atoms with van der Waals surface area (Å²) in [7, 11) is 2.11. The molecule has 0 bridgehead atoms. The van der Waals surface area contributed by atoms with E-state index < -0.39 is 11.8 Å². The van der Waals surface area contributed by atoms with Gasteiger partial charge in [0.2, 0.25) is 5.96 Å². The van der Waals surface area contributed by atoms with E-state index in [1.54, 1.807) is 0 Å². The first-order valence-electron chi connectivity index (χ1n) is 5.84. The number of carbonyl (C=O) groups excluding carboxylic acids is 2. The molecule has 6 heteroatoms. The molecule has 17 heavy (non-hydrogen) atoms. The van der Waals surface area contributed by atoms with Gasteiger partial charge in [-0.2, -0.15) is 0 Å². The molecule has 2 aliphatic heterocycles. The third kappa shape index (κ3) is 2.82. The van der Waals surface area contributed by atoms with Gasteiger partial charge in [0.15, 0.2) is 0 Å². The fourth-order valence-electron chi connectivity index (χ4n) is 2.03. The van der Waals surface area contributed by atoms with Gasteiger partial charge in [0.25, 0.3) is 0 Å². The molecule has 2 heterocycles.